The number of likely N-dealkylation sites (tertiary alicyclic amines) is 1. The van der Waals surface area contributed by atoms with Crippen LogP contribution >= 0.6 is 24.0 Å². The quantitative estimate of drug-likeness (QED) is 0.742. The molecule has 1 nitrogen and oxygen atoms in total. The van der Waals surface area contributed by atoms with Crippen LogP contribution in [-0.2, 0) is 0 Å². The van der Waals surface area contributed by atoms with Gasteiger partial charge in [0.05, 0.1) is 5.25 Å². The molecule has 1 aromatic carbocycles. The highest BCUT2D eigenvalue weighted by Crippen LogP contribution is 2.36. The lowest BCUT2D eigenvalue weighted by atomic mass is 10.0. The van der Waals surface area contributed by atoms with Gasteiger partial charge in [0.1, 0.15) is 0 Å². The van der Waals surface area contributed by atoms with Crippen molar-refractivity contribution in [2.24, 2.45) is 0 Å². The minimum atomic E-state index is 0.455. The number of hydrogen-bond donors (Lipinski definition) is 0. The number of thiocarbonyl (C=S) groups is 1. The zero-order valence-electron chi connectivity index (χ0n) is 11.8. The van der Waals surface area contributed by atoms with Crippen molar-refractivity contribution in [1.82, 2.24) is 4.90 Å². The van der Waals surface area contributed by atoms with Crippen molar-refractivity contribution in [3.8, 4) is 0 Å². The molecular formula is C16H23NS2. The van der Waals surface area contributed by atoms with E-state index >= 15 is 0 Å². The average molecular weight is 294 g/mol. The zero-order valence-corrected chi connectivity index (χ0v) is 13.5. The summed E-state index contributed by atoms with van der Waals surface area (Å²) in [6, 6.07) is 11.4. The number of benzene rings is 1. The summed E-state index contributed by atoms with van der Waals surface area (Å²) in [7, 11) is 0. The Hall–Kier alpha value is -0.380. The third kappa shape index (κ3) is 4.30. The fourth-order valence-corrected chi connectivity index (χ4v) is 4.11. The molecule has 0 radical (unpaired) electrons. The van der Waals surface area contributed by atoms with Crippen LogP contribution in [0.5, 0.6) is 0 Å². The second kappa shape index (κ2) is 7.41. The second-order valence-electron chi connectivity index (χ2n) is 5.28. The van der Waals surface area contributed by atoms with E-state index in [1.54, 1.807) is 0 Å². The Labute approximate surface area is 126 Å². The second-order valence-corrected chi connectivity index (χ2v) is 7.50. The van der Waals surface area contributed by atoms with Crippen molar-refractivity contribution in [1.29, 1.82) is 0 Å². The van der Waals surface area contributed by atoms with Gasteiger partial charge in [0.25, 0.3) is 0 Å². The Bertz CT molecular complexity index is 398. The SMILES string of the molecule is CC(=S)S[C@@H](c1ccccc1)[C@@H](C)N1CCCCC1. The highest BCUT2D eigenvalue weighted by atomic mass is 32.2. The van der Waals surface area contributed by atoms with Crippen molar-refractivity contribution in [3.63, 3.8) is 0 Å². The van der Waals surface area contributed by atoms with Crippen LogP contribution in [0.15, 0.2) is 30.3 Å². The first-order valence-electron chi connectivity index (χ1n) is 7.14. The van der Waals surface area contributed by atoms with Crippen molar-refractivity contribution in [2.45, 2.75) is 44.4 Å². The first-order chi connectivity index (χ1) is 9.18. The molecular weight excluding hydrogens is 270 g/mol. The van der Waals surface area contributed by atoms with Gasteiger partial charge in [0.2, 0.25) is 0 Å². The van der Waals surface area contributed by atoms with E-state index in [-0.39, 0.29) is 0 Å². The molecule has 2 rings (SSSR count). The average Bonchev–Trinajstić information content (AvgIpc) is 2.46. The van der Waals surface area contributed by atoms with Crippen LogP contribution in [-0.4, -0.2) is 28.2 Å². The molecule has 3 heteroatoms. The van der Waals surface area contributed by atoms with Crippen molar-refractivity contribution < 1.29 is 0 Å². The number of nitrogens with zero attached hydrogens (tertiary/aromatic N) is 1. The molecule has 1 aromatic rings. The fraction of sp³-hybridized carbons (Fsp3) is 0.562. The molecule has 0 unspecified atom stereocenters. The van der Waals surface area contributed by atoms with Gasteiger partial charge in [-0.1, -0.05) is 49.0 Å². The van der Waals surface area contributed by atoms with Crippen LogP contribution in [0.1, 0.15) is 43.9 Å². The molecule has 0 spiro atoms. The third-order valence-corrected chi connectivity index (χ3v) is 5.37. The van der Waals surface area contributed by atoms with E-state index < -0.39 is 0 Å². The van der Waals surface area contributed by atoms with Crippen LogP contribution < -0.4 is 0 Å². The monoisotopic (exact) mass is 293 g/mol. The molecule has 1 aliphatic heterocycles. The Morgan fingerprint density at radius 3 is 2.37 bits per heavy atom. The van der Waals surface area contributed by atoms with E-state index in [4.69, 9.17) is 12.2 Å². The molecule has 0 N–H and O–H groups in total. The van der Waals surface area contributed by atoms with Gasteiger partial charge in [-0.25, -0.2) is 0 Å². The molecule has 104 valence electrons. The smallest absolute Gasteiger partial charge is 0.0502 e. The number of thioether (sulfide) groups is 1. The number of rotatable bonds is 4. The Morgan fingerprint density at radius 2 is 1.79 bits per heavy atom. The van der Waals surface area contributed by atoms with Gasteiger partial charge >= 0.3 is 0 Å². The van der Waals surface area contributed by atoms with E-state index in [0.717, 1.165) is 4.20 Å². The minimum Gasteiger partial charge on any atom is -0.299 e. The molecule has 0 saturated carbocycles. The predicted molar refractivity (Wildman–Crippen MR) is 89.9 cm³/mol. The van der Waals surface area contributed by atoms with Gasteiger partial charge in [-0.05, 0) is 45.3 Å². The lowest BCUT2D eigenvalue weighted by Gasteiger charge is -2.37. The molecule has 0 amide bonds. The summed E-state index contributed by atoms with van der Waals surface area (Å²) in [5, 5.41) is 0.455. The van der Waals surface area contributed by atoms with Crippen LogP contribution in [0, 0.1) is 0 Å². The molecule has 2 atom stereocenters. The zero-order chi connectivity index (χ0) is 13.7. The van der Waals surface area contributed by atoms with Crippen molar-refractivity contribution >= 4 is 28.2 Å². The minimum absolute atomic E-state index is 0.455. The first kappa shape index (κ1) is 15.0. The van der Waals surface area contributed by atoms with E-state index in [1.807, 2.05) is 18.7 Å². The van der Waals surface area contributed by atoms with Crippen molar-refractivity contribution in [3.05, 3.63) is 35.9 Å². The van der Waals surface area contributed by atoms with Gasteiger partial charge in [-0.2, -0.15) is 0 Å². The Balaban J connectivity index is 2.14. The summed E-state index contributed by atoms with van der Waals surface area (Å²) in [5.41, 5.74) is 1.40. The summed E-state index contributed by atoms with van der Waals surface area (Å²) in [5.74, 6) is 0. The summed E-state index contributed by atoms with van der Waals surface area (Å²) in [6.07, 6.45) is 4.07. The highest BCUT2D eigenvalue weighted by molar-refractivity contribution is 8.23. The van der Waals surface area contributed by atoms with E-state index in [1.165, 1.54) is 37.9 Å². The molecule has 1 aliphatic rings. The Kier molecular flexibility index (Phi) is 5.86. The fourth-order valence-electron chi connectivity index (χ4n) is 2.78. The first-order valence-corrected chi connectivity index (χ1v) is 8.43. The highest BCUT2D eigenvalue weighted by Gasteiger charge is 2.26. The molecule has 19 heavy (non-hydrogen) atoms. The summed E-state index contributed by atoms with van der Waals surface area (Å²) < 4.78 is 1.04. The van der Waals surface area contributed by atoms with E-state index in [9.17, 15) is 0 Å². The predicted octanol–water partition coefficient (Wildman–Crippen LogP) is 4.68. The van der Waals surface area contributed by atoms with Crippen LogP contribution in [0.4, 0.5) is 0 Å². The largest absolute Gasteiger partial charge is 0.299 e. The maximum absolute atomic E-state index is 5.34. The maximum Gasteiger partial charge on any atom is 0.0502 e. The lowest BCUT2D eigenvalue weighted by Crippen LogP contribution is -2.40. The van der Waals surface area contributed by atoms with Crippen LogP contribution in [0.3, 0.4) is 0 Å². The molecule has 1 heterocycles. The van der Waals surface area contributed by atoms with Crippen LogP contribution in [0.25, 0.3) is 0 Å². The normalized spacial score (nSPS) is 19.9. The van der Waals surface area contributed by atoms with E-state index in [2.05, 4.69) is 42.2 Å². The molecule has 0 aliphatic carbocycles. The van der Waals surface area contributed by atoms with E-state index in [0.29, 0.717) is 11.3 Å². The number of hydrogen-bond acceptors (Lipinski definition) is 3. The summed E-state index contributed by atoms with van der Waals surface area (Å²) in [6.45, 7) is 6.87. The van der Waals surface area contributed by atoms with Gasteiger partial charge in [0, 0.05) is 10.2 Å². The maximum atomic E-state index is 5.34. The van der Waals surface area contributed by atoms with Gasteiger partial charge in [-0.15, -0.1) is 11.8 Å². The van der Waals surface area contributed by atoms with Crippen molar-refractivity contribution in [2.75, 3.05) is 13.1 Å². The molecule has 0 bridgehead atoms. The Morgan fingerprint density at radius 1 is 1.16 bits per heavy atom. The van der Waals surface area contributed by atoms with Gasteiger partial charge in [0.15, 0.2) is 0 Å². The van der Waals surface area contributed by atoms with Crippen LogP contribution in [0.2, 0.25) is 0 Å². The lowest BCUT2D eigenvalue weighted by molar-refractivity contribution is 0.171. The standard InChI is InChI=1S/C16H23NS2/c1-13(17-11-7-4-8-12-17)16(19-14(2)18)15-9-5-3-6-10-15/h3,5-6,9-10,13,16H,4,7-8,11-12H2,1-2H3/t13-,16-/m1/s1. The molecule has 1 saturated heterocycles. The molecule has 1 fully saturated rings. The van der Waals surface area contributed by atoms with Gasteiger partial charge in [-0.3, -0.25) is 4.90 Å². The summed E-state index contributed by atoms with van der Waals surface area (Å²) >= 11 is 7.18. The topological polar surface area (TPSA) is 3.24 Å². The third-order valence-electron chi connectivity index (χ3n) is 3.83. The number of piperidine rings is 1. The van der Waals surface area contributed by atoms with Gasteiger partial charge < -0.3 is 0 Å². The molecule has 0 aromatic heterocycles. The summed E-state index contributed by atoms with van der Waals surface area (Å²) in [4.78, 5) is 2.63.